The maximum absolute atomic E-state index is 11.9. The molecule has 1 fully saturated rings. The van der Waals surface area contributed by atoms with Crippen LogP contribution in [-0.4, -0.2) is 31.2 Å². The summed E-state index contributed by atoms with van der Waals surface area (Å²) in [4.78, 5) is 15.9. The average molecular weight is 250 g/mol. The lowest BCUT2D eigenvalue weighted by atomic mass is 10.0. The van der Waals surface area contributed by atoms with Gasteiger partial charge >= 0.3 is 0 Å². The second-order valence-corrected chi connectivity index (χ2v) is 4.32. The maximum atomic E-state index is 11.9. The van der Waals surface area contributed by atoms with Crippen LogP contribution in [0, 0.1) is 5.92 Å². The molecule has 5 heteroatoms. The lowest BCUT2D eigenvalue weighted by Crippen LogP contribution is -2.35. The highest BCUT2D eigenvalue weighted by Crippen LogP contribution is 2.17. The van der Waals surface area contributed by atoms with Crippen molar-refractivity contribution < 1.29 is 14.3 Å². The van der Waals surface area contributed by atoms with E-state index in [-0.39, 0.29) is 11.8 Å². The fourth-order valence-corrected chi connectivity index (χ4v) is 2.01. The molecule has 18 heavy (non-hydrogen) atoms. The number of ether oxygens (including phenoxy) is 2. The number of aromatic nitrogens is 1. The number of carbonyl (C=O) groups excluding carboxylic acids is 1. The van der Waals surface area contributed by atoms with Gasteiger partial charge in [-0.3, -0.25) is 9.78 Å². The Labute approximate surface area is 107 Å². The maximum Gasteiger partial charge on any atom is 0.225 e. The van der Waals surface area contributed by atoms with Crippen LogP contribution in [0.25, 0.3) is 0 Å². The molecule has 2 heterocycles. The van der Waals surface area contributed by atoms with E-state index in [9.17, 15) is 4.79 Å². The zero-order valence-corrected chi connectivity index (χ0v) is 10.5. The molecule has 1 aromatic heterocycles. The predicted octanol–water partition coefficient (Wildman–Crippen LogP) is 1.13. The first kappa shape index (κ1) is 12.8. The summed E-state index contributed by atoms with van der Waals surface area (Å²) in [5, 5.41) is 2.92. The van der Waals surface area contributed by atoms with Crippen LogP contribution >= 0.6 is 0 Å². The first-order chi connectivity index (χ1) is 8.81. The van der Waals surface area contributed by atoms with Gasteiger partial charge < -0.3 is 14.8 Å². The number of hydrogen-bond donors (Lipinski definition) is 1. The van der Waals surface area contributed by atoms with Gasteiger partial charge in [-0.15, -0.1) is 0 Å². The van der Waals surface area contributed by atoms with Gasteiger partial charge in [-0.2, -0.15) is 0 Å². The van der Waals surface area contributed by atoms with Gasteiger partial charge in [0.1, 0.15) is 5.75 Å². The van der Waals surface area contributed by atoms with Crippen molar-refractivity contribution >= 4 is 5.91 Å². The molecule has 1 unspecified atom stereocenters. The fraction of sp³-hybridized carbons (Fsp3) is 0.538. The molecular weight excluding hydrogens is 232 g/mol. The lowest BCUT2D eigenvalue weighted by Gasteiger charge is -2.21. The molecular formula is C13H18N2O3. The zero-order valence-electron chi connectivity index (χ0n) is 10.5. The number of hydrogen-bond acceptors (Lipinski definition) is 4. The molecule has 0 bridgehead atoms. The third-order valence-corrected chi connectivity index (χ3v) is 3.07. The molecule has 1 saturated heterocycles. The topological polar surface area (TPSA) is 60.5 Å². The Morgan fingerprint density at radius 3 is 3.28 bits per heavy atom. The number of pyridine rings is 1. The molecule has 98 valence electrons. The number of amides is 1. The van der Waals surface area contributed by atoms with Crippen LogP contribution in [0.4, 0.5) is 0 Å². The first-order valence-corrected chi connectivity index (χ1v) is 6.13. The smallest absolute Gasteiger partial charge is 0.225 e. The minimum atomic E-state index is -0.0217. The molecule has 0 aliphatic carbocycles. The van der Waals surface area contributed by atoms with E-state index >= 15 is 0 Å². The number of methoxy groups -OCH3 is 1. The Hall–Kier alpha value is -1.62. The Morgan fingerprint density at radius 1 is 1.67 bits per heavy atom. The molecule has 0 radical (unpaired) electrons. The van der Waals surface area contributed by atoms with Gasteiger partial charge in [0.15, 0.2) is 0 Å². The quantitative estimate of drug-likeness (QED) is 0.870. The number of rotatable bonds is 4. The molecule has 1 aliphatic heterocycles. The van der Waals surface area contributed by atoms with E-state index in [0.29, 0.717) is 18.9 Å². The normalized spacial score (nSPS) is 19.3. The summed E-state index contributed by atoms with van der Waals surface area (Å²) in [6.45, 7) is 1.75. The van der Waals surface area contributed by atoms with Gasteiger partial charge in [0.25, 0.3) is 0 Å². The summed E-state index contributed by atoms with van der Waals surface area (Å²) >= 11 is 0. The van der Waals surface area contributed by atoms with Gasteiger partial charge in [-0.05, 0) is 18.9 Å². The van der Waals surface area contributed by atoms with Crippen molar-refractivity contribution in [2.45, 2.75) is 19.4 Å². The number of nitrogens with one attached hydrogen (secondary N) is 1. The van der Waals surface area contributed by atoms with Crippen LogP contribution < -0.4 is 10.1 Å². The van der Waals surface area contributed by atoms with Crippen LogP contribution in [0.5, 0.6) is 5.75 Å². The number of carbonyl (C=O) groups is 1. The van der Waals surface area contributed by atoms with Crippen molar-refractivity contribution in [2.24, 2.45) is 5.92 Å². The second kappa shape index (κ2) is 6.35. The first-order valence-electron chi connectivity index (χ1n) is 6.13. The van der Waals surface area contributed by atoms with E-state index in [2.05, 4.69) is 10.3 Å². The van der Waals surface area contributed by atoms with Crippen molar-refractivity contribution in [3.8, 4) is 5.75 Å². The van der Waals surface area contributed by atoms with Crippen molar-refractivity contribution in [1.82, 2.24) is 10.3 Å². The molecule has 0 aromatic carbocycles. The van der Waals surface area contributed by atoms with Gasteiger partial charge in [0.2, 0.25) is 5.91 Å². The van der Waals surface area contributed by atoms with E-state index in [1.54, 1.807) is 19.5 Å². The highest BCUT2D eigenvalue weighted by atomic mass is 16.5. The van der Waals surface area contributed by atoms with E-state index in [1.165, 1.54) is 0 Å². The second-order valence-electron chi connectivity index (χ2n) is 4.32. The van der Waals surface area contributed by atoms with Crippen molar-refractivity contribution in [1.29, 1.82) is 0 Å². The standard InChI is InChI=1S/C13H18N2O3/c1-17-12-8-14-5-4-10(12)7-15-13(16)11-3-2-6-18-9-11/h4-5,8,11H,2-3,6-7,9H2,1H3,(H,15,16). The number of nitrogens with zero attached hydrogens (tertiary/aromatic N) is 1. The van der Waals surface area contributed by atoms with Crippen molar-refractivity contribution in [3.63, 3.8) is 0 Å². The molecule has 1 aliphatic rings. The highest BCUT2D eigenvalue weighted by molar-refractivity contribution is 5.78. The minimum absolute atomic E-state index is 0.0217. The summed E-state index contributed by atoms with van der Waals surface area (Å²) < 4.78 is 10.5. The predicted molar refractivity (Wildman–Crippen MR) is 66.2 cm³/mol. The summed E-state index contributed by atoms with van der Waals surface area (Å²) in [5.41, 5.74) is 0.928. The Kier molecular flexibility index (Phi) is 4.52. The fourth-order valence-electron chi connectivity index (χ4n) is 2.01. The SMILES string of the molecule is COc1cnccc1CNC(=O)C1CCCOC1. The van der Waals surface area contributed by atoms with Crippen LogP contribution in [0.2, 0.25) is 0 Å². The largest absolute Gasteiger partial charge is 0.495 e. The van der Waals surface area contributed by atoms with E-state index in [0.717, 1.165) is 25.0 Å². The van der Waals surface area contributed by atoms with Crippen LogP contribution in [0.1, 0.15) is 18.4 Å². The van der Waals surface area contributed by atoms with E-state index in [4.69, 9.17) is 9.47 Å². The molecule has 2 rings (SSSR count). The highest BCUT2D eigenvalue weighted by Gasteiger charge is 2.21. The summed E-state index contributed by atoms with van der Waals surface area (Å²) in [7, 11) is 1.59. The molecule has 1 aromatic rings. The van der Waals surface area contributed by atoms with E-state index < -0.39 is 0 Å². The van der Waals surface area contributed by atoms with Crippen LogP contribution in [0.3, 0.4) is 0 Å². The Balaban J connectivity index is 1.88. The Bertz CT molecular complexity index is 403. The molecule has 1 atom stereocenters. The summed E-state index contributed by atoms with van der Waals surface area (Å²) in [5.74, 6) is 0.720. The molecule has 1 amide bonds. The molecule has 5 nitrogen and oxygen atoms in total. The monoisotopic (exact) mass is 250 g/mol. The minimum Gasteiger partial charge on any atom is -0.495 e. The zero-order chi connectivity index (χ0) is 12.8. The lowest BCUT2D eigenvalue weighted by molar-refractivity contribution is -0.129. The molecule has 0 spiro atoms. The summed E-state index contributed by atoms with van der Waals surface area (Å²) in [6, 6.07) is 1.84. The van der Waals surface area contributed by atoms with Crippen molar-refractivity contribution in [2.75, 3.05) is 20.3 Å². The molecule has 0 saturated carbocycles. The van der Waals surface area contributed by atoms with Gasteiger partial charge in [-0.1, -0.05) is 0 Å². The van der Waals surface area contributed by atoms with Crippen LogP contribution in [-0.2, 0) is 16.1 Å². The van der Waals surface area contributed by atoms with E-state index in [1.807, 2.05) is 6.07 Å². The third-order valence-electron chi connectivity index (χ3n) is 3.07. The summed E-state index contributed by atoms with van der Waals surface area (Å²) in [6.07, 6.45) is 5.19. The molecule has 1 N–H and O–H groups in total. The van der Waals surface area contributed by atoms with Crippen LogP contribution in [0.15, 0.2) is 18.5 Å². The Morgan fingerprint density at radius 2 is 2.56 bits per heavy atom. The van der Waals surface area contributed by atoms with Gasteiger partial charge in [0.05, 0.1) is 25.8 Å². The average Bonchev–Trinajstić information content (AvgIpc) is 2.46. The third kappa shape index (κ3) is 3.20. The van der Waals surface area contributed by atoms with Crippen molar-refractivity contribution in [3.05, 3.63) is 24.0 Å². The van der Waals surface area contributed by atoms with Gasteiger partial charge in [0, 0.05) is 24.9 Å². The van der Waals surface area contributed by atoms with Gasteiger partial charge in [-0.25, -0.2) is 0 Å².